The van der Waals surface area contributed by atoms with Gasteiger partial charge in [-0.1, -0.05) is 6.07 Å². The van der Waals surface area contributed by atoms with E-state index in [1.807, 2.05) is 6.07 Å². The minimum absolute atomic E-state index is 0.260. The minimum atomic E-state index is -0.350. The average Bonchev–Trinajstić information content (AvgIpc) is 2.96. The van der Waals surface area contributed by atoms with Gasteiger partial charge in [0.2, 0.25) is 0 Å². The van der Waals surface area contributed by atoms with Crippen LogP contribution in [-0.2, 0) is 6.42 Å². The number of aliphatic hydroxyl groups is 1. The summed E-state index contributed by atoms with van der Waals surface area (Å²) in [5.41, 5.74) is 0.848. The van der Waals surface area contributed by atoms with E-state index in [-0.39, 0.29) is 17.7 Å². The smallest absolute Gasteiger partial charge is 0.165 e. The molecule has 0 bridgehead atoms. The molecule has 3 rings (SSSR count). The van der Waals surface area contributed by atoms with Gasteiger partial charge in [0.15, 0.2) is 11.6 Å². The topological polar surface area (TPSA) is 29.5 Å². The molecule has 2 aliphatic rings. The minimum Gasteiger partial charge on any atom is -0.494 e. The Morgan fingerprint density at radius 1 is 1.33 bits per heavy atom. The summed E-state index contributed by atoms with van der Waals surface area (Å²) in [5.74, 6) is 2.07. The zero-order valence-electron chi connectivity index (χ0n) is 10.6. The summed E-state index contributed by atoms with van der Waals surface area (Å²) in [4.78, 5) is 0. The second-order valence-corrected chi connectivity index (χ2v) is 5.73. The standard InChI is InChI=1S/C15H19FO2/c1-18-15-3-2-9(4-13(15)16)5-14(17)12-7-10-6-11(10)8-12/h2-4,10-12,14,17H,5-8H2,1H3. The predicted octanol–water partition coefficient (Wildman–Crippen LogP) is 2.78. The van der Waals surface area contributed by atoms with E-state index in [1.165, 1.54) is 19.6 Å². The highest BCUT2D eigenvalue weighted by atomic mass is 19.1. The van der Waals surface area contributed by atoms with Crippen LogP contribution < -0.4 is 4.74 Å². The Labute approximate surface area is 107 Å². The average molecular weight is 250 g/mol. The van der Waals surface area contributed by atoms with Crippen LogP contribution in [0.1, 0.15) is 24.8 Å². The second-order valence-electron chi connectivity index (χ2n) is 5.73. The Bertz CT molecular complexity index is 436. The lowest BCUT2D eigenvalue weighted by molar-refractivity contribution is 0.104. The van der Waals surface area contributed by atoms with Crippen molar-refractivity contribution in [1.82, 2.24) is 0 Å². The molecule has 0 aliphatic heterocycles. The number of hydrogen-bond acceptors (Lipinski definition) is 2. The van der Waals surface area contributed by atoms with Crippen molar-refractivity contribution in [2.45, 2.75) is 31.8 Å². The molecule has 3 heteroatoms. The highest BCUT2D eigenvalue weighted by Crippen LogP contribution is 2.55. The molecule has 0 heterocycles. The molecular weight excluding hydrogens is 231 g/mol. The summed E-state index contributed by atoms with van der Waals surface area (Å²) in [7, 11) is 1.46. The molecule has 2 saturated carbocycles. The van der Waals surface area contributed by atoms with Gasteiger partial charge in [0.1, 0.15) is 0 Å². The molecule has 3 atom stereocenters. The monoisotopic (exact) mass is 250 g/mol. The molecule has 2 aliphatic carbocycles. The molecule has 2 fully saturated rings. The normalized spacial score (nSPS) is 30.9. The van der Waals surface area contributed by atoms with Crippen LogP contribution in [0.25, 0.3) is 0 Å². The van der Waals surface area contributed by atoms with Crippen LogP contribution >= 0.6 is 0 Å². The van der Waals surface area contributed by atoms with Crippen LogP contribution in [0.2, 0.25) is 0 Å². The van der Waals surface area contributed by atoms with Gasteiger partial charge in [-0.3, -0.25) is 0 Å². The maximum atomic E-state index is 13.5. The van der Waals surface area contributed by atoms with Crippen LogP contribution in [0.3, 0.4) is 0 Å². The van der Waals surface area contributed by atoms with Gasteiger partial charge in [0.05, 0.1) is 13.2 Å². The first kappa shape index (κ1) is 12.0. The fourth-order valence-corrected chi connectivity index (χ4v) is 3.32. The van der Waals surface area contributed by atoms with Crippen LogP contribution in [0, 0.1) is 23.6 Å². The van der Waals surface area contributed by atoms with Crippen molar-refractivity contribution >= 4 is 0 Å². The molecule has 0 amide bonds. The summed E-state index contributed by atoms with van der Waals surface area (Å²) in [5, 5.41) is 10.2. The fourth-order valence-electron chi connectivity index (χ4n) is 3.32. The van der Waals surface area contributed by atoms with Gasteiger partial charge in [0, 0.05) is 0 Å². The van der Waals surface area contributed by atoms with Gasteiger partial charge in [-0.25, -0.2) is 4.39 Å². The van der Waals surface area contributed by atoms with Crippen molar-refractivity contribution in [2.24, 2.45) is 17.8 Å². The number of aliphatic hydroxyl groups excluding tert-OH is 1. The van der Waals surface area contributed by atoms with Crippen molar-refractivity contribution in [2.75, 3.05) is 7.11 Å². The summed E-state index contributed by atoms with van der Waals surface area (Å²) >= 11 is 0. The molecule has 0 spiro atoms. The SMILES string of the molecule is COc1ccc(CC(O)C2CC3CC3C2)cc1F. The first-order valence-corrected chi connectivity index (χ1v) is 6.68. The number of rotatable bonds is 4. The first-order chi connectivity index (χ1) is 8.67. The van der Waals surface area contributed by atoms with Gasteiger partial charge < -0.3 is 9.84 Å². The maximum absolute atomic E-state index is 13.5. The number of methoxy groups -OCH3 is 1. The summed E-state index contributed by atoms with van der Waals surface area (Å²) in [6.45, 7) is 0. The lowest BCUT2D eigenvalue weighted by Gasteiger charge is -2.19. The molecule has 18 heavy (non-hydrogen) atoms. The molecule has 0 radical (unpaired) electrons. The van der Waals surface area contributed by atoms with Gasteiger partial charge in [-0.05, 0) is 61.1 Å². The van der Waals surface area contributed by atoms with E-state index in [1.54, 1.807) is 6.07 Å². The van der Waals surface area contributed by atoms with Crippen LogP contribution in [0.5, 0.6) is 5.75 Å². The molecule has 98 valence electrons. The van der Waals surface area contributed by atoms with Gasteiger partial charge in [-0.15, -0.1) is 0 Å². The summed E-state index contributed by atoms with van der Waals surface area (Å²) in [6.07, 6.45) is 3.89. The van der Waals surface area contributed by atoms with Crippen LogP contribution in [0.15, 0.2) is 18.2 Å². The van der Waals surface area contributed by atoms with Gasteiger partial charge >= 0.3 is 0 Å². The number of fused-ring (bicyclic) bond motifs is 1. The third-order valence-electron chi connectivity index (χ3n) is 4.49. The molecular formula is C15H19FO2. The summed E-state index contributed by atoms with van der Waals surface area (Å²) in [6, 6.07) is 4.93. The van der Waals surface area contributed by atoms with Crippen LogP contribution in [-0.4, -0.2) is 18.3 Å². The maximum Gasteiger partial charge on any atom is 0.165 e. The van der Waals surface area contributed by atoms with Crippen LogP contribution in [0.4, 0.5) is 4.39 Å². The van der Waals surface area contributed by atoms with E-state index in [9.17, 15) is 9.50 Å². The zero-order valence-corrected chi connectivity index (χ0v) is 10.6. The Morgan fingerprint density at radius 2 is 2.06 bits per heavy atom. The van der Waals surface area contributed by atoms with E-state index < -0.39 is 0 Å². The molecule has 0 aromatic heterocycles. The number of benzene rings is 1. The molecule has 1 aromatic rings. The Balaban J connectivity index is 1.63. The largest absolute Gasteiger partial charge is 0.494 e. The third-order valence-corrected chi connectivity index (χ3v) is 4.49. The van der Waals surface area contributed by atoms with E-state index >= 15 is 0 Å². The van der Waals surface area contributed by atoms with Crippen molar-refractivity contribution in [1.29, 1.82) is 0 Å². The number of ether oxygens (including phenoxy) is 1. The van der Waals surface area contributed by atoms with Crippen molar-refractivity contribution in [3.05, 3.63) is 29.6 Å². The third kappa shape index (κ3) is 2.24. The molecule has 2 nitrogen and oxygen atoms in total. The van der Waals surface area contributed by atoms with Crippen molar-refractivity contribution in [3.8, 4) is 5.75 Å². The molecule has 1 N–H and O–H groups in total. The van der Waals surface area contributed by atoms with E-state index in [4.69, 9.17) is 4.74 Å². The number of hydrogen-bond donors (Lipinski definition) is 1. The highest BCUT2D eigenvalue weighted by molar-refractivity contribution is 5.29. The lowest BCUT2D eigenvalue weighted by Crippen LogP contribution is -2.21. The van der Waals surface area contributed by atoms with Crippen molar-refractivity contribution < 1.29 is 14.2 Å². The Kier molecular flexibility index (Phi) is 3.02. The Morgan fingerprint density at radius 3 is 2.67 bits per heavy atom. The summed E-state index contributed by atoms with van der Waals surface area (Å²) < 4.78 is 18.4. The lowest BCUT2D eigenvalue weighted by atomic mass is 9.92. The highest BCUT2D eigenvalue weighted by Gasteiger charge is 2.47. The number of halogens is 1. The second kappa shape index (κ2) is 4.54. The van der Waals surface area contributed by atoms with E-state index in [0.29, 0.717) is 12.3 Å². The fraction of sp³-hybridized carbons (Fsp3) is 0.600. The van der Waals surface area contributed by atoms with Gasteiger partial charge in [0.25, 0.3) is 0 Å². The van der Waals surface area contributed by atoms with Crippen molar-refractivity contribution in [3.63, 3.8) is 0 Å². The van der Waals surface area contributed by atoms with E-state index in [2.05, 4.69) is 0 Å². The predicted molar refractivity (Wildman–Crippen MR) is 67.0 cm³/mol. The quantitative estimate of drug-likeness (QED) is 0.890. The molecule has 0 saturated heterocycles. The van der Waals surface area contributed by atoms with Gasteiger partial charge in [-0.2, -0.15) is 0 Å². The zero-order chi connectivity index (χ0) is 12.7. The first-order valence-electron chi connectivity index (χ1n) is 6.68. The van der Waals surface area contributed by atoms with E-state index in [0.717, 1.165) is 30.2 Å². The molecule has 1 aromatic carbocycles. The Hall–Kier alpha value is -1.09. The molecule has 3 unspecified atom stereocenters.